The van der Waals surface area contributed by atoms with Crippen LogP contribution in [0.2, 0.25) is 0 Å². The fourth-order valence-corrected chi connectivity index (χ4v) is 2.24. The van der Waals surface area contributed by atoms with Crippen molar-refractivity contribution in [3.8, 4) is 5.75 Å². The van der Waals surface area contributed by atoms with Crippen LogP contribution < -0.4 is 15.8 Å². The minimum atomic E-state index is -1.02. The van der Waals surface area contributed by atoms with Crippen LogP contribution >= 0.6 is 0 Å². The lowest BCUT2D eigenvalue weighted by Gasteiger charge is -2.10. The van der Waals surface area contributed by atoms with Gasteiger partial charge in [0.2, 0.25) is 0 Å². The Bertz CT molecular complexity index is 713. The van der Waals surface area contributed by atoms with Crippen LogP contribution in [0.3, 0.4) is 0 Å². The summed E-state index contributed by atoms with van der Waals surface area (Å²) in [5.74, 6) is -0.722. The maximum Gasteiger partial charge on any atom is 0.320 e. The number of nitrogens with one attached hydrogen (secondary N) is 1. The van der Waals surface area contributed by atoms with E-state index in [-0.39, 0.29) is 12.3 Å². The summed E-state index contributed by atoms with van der Waals surface area (Å²) in [5.41, 5.74) is 7.73. The molecule has 6 heteroatoms. The number of rotatable bonds is 7. The molecule has 1 amide bonds. The predicted molar refractivity (Wildman–Crippen MR) is 89.9 cm³/mol. The standard InChI is InChI=1S/C18H20N2O4/c1-24-16-5-3-2-4-14(16)17(21)20-11-13-8-6-12(7-9-13)10-15(19)18(22)23/h2-9,15H,10-11,19H2,1H3,(H,20,21)(H,22,23)/t15-/m0/s1. The summed E-state index contributed by atoms with van der Waals surface area (Å²) in [6.45, 7) is 0.363. The lowest BCUT2D eigenvalue weighted by atomic mass is 10.0. The third kappa shape index (κ3) is 4.57. The van der Waals surface area contributed by atoms with Crippen molar-refractivity contribution < 1.29 is 19.4 Å². The van der Waals surface area contributed by atoms with Gasteiger partial charge in [-0.15, -0.1) is 0 Å². The van der Waals surface area contributed by atoms with E-state index in [1.165, 1.54) is 7.11 Å². The number of carbonyl (C=O) groups is 2. The molecule has 0 heterocycles. The molecule has 6 nitrogen and oxygen atoms in total. The number of hydrogen-bond donors (Lipinski definition) is 3. The molecule has 0 aliphatic carbocycles. The summed E-state index contributed by atoms with van der Waals surface area (Å²) in [5, 5.41) is 11.6. The molecule has 2 aromatic carbocycles. The molecular weight excluding hydrogens is 308 g/mol. The number of para-hydroxylation sites is 1. The number of ether oxygens (including phenoxy) is 1. The number of aliphatic carboxylic acids is 1. The number of hydrogen-bond acceptors (Lipinski definition) is 4. The van der Waals surface area contributed by atoms with Crippen molar-refractivity contribution >= 4 is 11.9 Å². The van der Waals surface area contributed by atoms with Crippen LogP contribution in [0.1, 0.15) is 21.5 Å². The van der Waals surface area contributed by atoms with Crippen molar-refractivity contribution in [1.82, 2.24) is 5.32 Å². The molecule has 24 heavy (non-hydrogen) atoms. The summed E-state index contributed by atoms with van der Waals surface area (Å²) in [7, 11) is 1.52. The smallest absolute Gasteiger partial charge is 0.320 e. The van der Waals surface area contributed by atoms with E-state index in [0.29, 0.717) is 17.9 Å². The highest BCUT2D eigenvalue weighted by Gasteiger charge is 2.13. The molecule has 0 saturated carbocycles. The summed E-state index contributed by atoms with van der Waals surface area (Å²) < 4.78 is 5.17. The Morgan fingerprint density at radius 1 is 1.12 bits per heavy atom. The molecule has 0 spiro atoms. The highest BCUT2D eigenvalue weighted by atomic mass is 16.5. The number of amides is 1. The van der Waals surface area contributed by atoms with Gasteiger partial charge in [-0.1, -0.05) is 36.4 Å². The summed E-state index contributed by atoms with van der Waals surface area (Å²) >= 11 is 0. The van der Waals surface area contributed by atoms with Gasteiger partial charge in [0.15, 0.2) is 0 Å². The Morgan fingerprint density at radius 3 is 2.38 bits per heavy atom. The molecule has 0 aliphatic rings. The number of methoxy groups -OCH3 is 1. The van der Waals surface area contributed by atoms with E-state index in [4.69, 9.17) is 15.6 Å². The average Bonchev–Trinajstić information content (AvgIpc) is 2.60. The van der Waals surface area contributed by atoms with E-state index < -0.39 is 12.0 Å². The van der Waals surface area contributed by atoms with Crippen molar-refractivity contribution in [3.63, 3.8) is 0 Å². The first-order valence-corrected chi connectivity index (χ1v) is 7.48. The third-order valence-corrected chi connectivity index (χ3v) is 3.60. The molecule has 2 aromatic rings. The molecular formula is C18H20N2O4. The SMILES string of the molecule is COc1ccccc1C(=O)NCc1ccc(C[C@H](N)C(=O)O)cc1. The van der Waals surface area contributed by atoms with E-state index in [1.54, 1.807) is 24.3 Å². The lowest BCUT2D eigenvalue weighted by Crippen LogP contribution is -2.32. The van der Waals surface area contributed by atoms with Gasteiger partial charge in [-0.2, -0.15) is 0 Å². The molecule has 126 valence electrons. The first kappa shape index (κ1) is 17.5. The number of carboxylic acid groups (broad SMARTS) is 1. The summed E-state index contributed by atoms with van der Waals surface area (Å²) in [4.78, 5) is 23.0. The number of nitrogens with two attached hydrogens (primary N) is 1. The maximum absolute atomic E-state index is 12.2. The van der Waals surface area contributed by atoms with Gasteiger partial charge in [0.05, 0.1) is 12.7 Å². The van der Waals surface area contributed by atoms with Gasteiger partial charge in [0, 0.05) is 6.54 Å². The van der Waals surface area contributed by atoms with Gasteiger partial charge >= 0.3 is 5.97 Å². The Morgan fingerprint density at radius 2 is 1.75 bits per heavy atom. The van der Waals surface area contributed by atoms with Crippen LogP contribution in [-0.4, -0.2) is 30.1 Å². The Labute approximate surface area is 140 Å². The van der Waals surface area contributed by atoms with Gasteiger partial charge < -0.3 is 20.9 Å². The van der Waals surface area contributed by atoms with Gasteiger partial charge in [-0.05, 0) is 29.7 Å². The Balaban J connectivity index is 1.94. The molecule has 0 saturated heterocycles. The molecule has 0 aromatic heterocycles. The topological polar surface area (TPSA) is 102 Å². The molecule has 0 fully saturated rings. The zero-order valence-corrected chi connectivity index (χ0v) is 13.4. The Hall–Kier alpha value is -2.86. The molecule has 4 N–H and O–H groups in total. The number of carbonyl (C=O) groups excluding carboxylic acids is 1. The molecule has 1 atom stereocenters. The third-order valence-electron chi connectivity index (χ3n) is 3.60. The highest BCUT2D eigenvalue weighted by molar-refractivity contribution is 5.96. The van der Waals surface area contributed by atoms with Crippen molar-refractivity contribution in [1.29, 1.82) is 0 Å². The summed E-state index contributed by atoms with van der Waals surface area (Å²) in [6, 6.07) is 13.4. The van der Waals surface area contributed by atoms with Crippen LogP contribution in [0.15, 0.2) is 48.5 Å². The Kier molecular flexibility index (Phi) is 5.92. The lowest BCUT2D eigenvalue weighted by molar-refractivity contribution is -0.138. The van der Waals surface area contributed by atoms with E-state index in [2.05, 4.69) is 5.32 Å². The van der Waals surface area contributed by atoms with Gasteiger partial charge in [-0.3, -0.25) is 9.59 Å². The van der Waals surface area contributed by atoms with E-state index in [1.807, 2.05) is 24.3 Å². The minimum absolute atomic E-state index is 0.218. The second kappa shape index (κ2) is 8.12. The molecule has 2 rings (SSSR count). The predicted octanol–water partition coefficient (Wildman–Crippen LogP) is 1.58. The van der Waals surface area contributed by atoms with Crippen LogP contribution in [0.4, 0.5) is 0 Å². The van der Waals surface area contributed by atoms with Crippen molar-refractivity contribution in [2.75, 3.05) is 7.11 Å². The average molecular weight is 328 g/mol. The second-order valence-corrected chi connectivity index (χ2v) is 5.35. The van der Waals surface area contributed by atoms with Crippen LogP contribution in [0.5, 0.6) is 5.75 Å². The van der Waals surface area contributed by atoms with Gasteiger partial charge in [0.1, 0.15) is 11.8 Å². The zero-order chi connectivity index (χ0) is 17.5. The normalized spacial score (nSPS) is 11.6. The van der Waals surface area contributed by atoms with Crippen LogP contribution in [0.25, 0.3) is 0 Å². The number of benzene rings is 2. The molecule has 0 radical (unpaired) electrons. The fraction of sp³-hybridized carbons (Fsp3) is 0.222. The highest BCUT2D eigenvalue weighted by Crippen LogP contribution is 2.17. The van der Waals surface area contributed by atoms with Gasteiger partial charge in [-0.25, -0.2) is 0 Å². The first-order valence-electron chi connectivity index (χ1n) is 7.48. The van der Waals surface area contributed by atoms with E-state index in [9.17, 15) is 9.59 Å². The van der Waals surface area contributed by atoms with Gasteiger partial charge in [0.25, 0.3) is 5.91 Å². The monoisotopic (exact) mass is 328 g/mol. The van der Waals surface area contributed by atoms with E-state index in [0.717, 1.165) is 11.1 Å². The first-order chi connectivity index (χ1) is 11.5. The number of carboxylic acids is 1. The van der Waals surface area contributed by atoms with Crippen molar-refractivity contribution in [2.45, 2.75) is 19.0 Å². The quantitative estimate of drug-likeness (QED) is 0.716. The maximum atomic E-state index is 12.2. The van der Waals surface area contributed by atoms with E-state index >= 15 is 0 Å². The van der Waals surface area contributed by atoms with Crippen LogP contribution in [0, 0.1) is 0 Å². The zero-order valence-electron chi connectivity index (χ0n) is 13.4. The van der Waals surface area contributed by atoms with Crippen LogP contribution in [-0.2, 0) is 17.8 Å². The largest absolute Gasteiger partial charge is 0.496 e. The summed E-state index contributed by atoms with van der Waals surface area (Å²) in [6.07, 6.45) is 0.267. The minimum Gasteiger partial charge on any atom is -0.496 e. The molecule has 0 bridgehead atoms. The fourth-order valence-electron chi connectivity index (χ4n) is 2.24. The second-order valence-electron chi connectivity index (χ2n) is 5.35. The molecule has 0 aliphatic heterocycles. The molecule has 0 unspecified atom stereocenters. The van der Waals surface area contributed by atoms with Crippen molar-refractivity contribution in [3.05, 3.63) is 65.2 Å². The van der Waals surface area contributed by atoms with Crippen molar-refractivity contribution in [2.24, 2.45) is 5.73 Å².